The van der Waals surface area contributed by atoms with E-state index in [1.165, 1.54) is 32.1 Å². The molecule has 0 bridgehead atoms. The van der Waals surface area contributed by atoms with Crippen molar-refractivity contribution in [3.63, 3.8) is 0 Å². The Labute approximate surface area is 142 Å². The van der Waals surface area contributed by atoms with Crippen molar-refractivity contribution >= 4 is 18.2 Å². The molecular formula is C17H25N3O4. The molecular weight excluding hydrogens is 310 g/mol. The van der Waals surface area contributed by atoms with Gasteiger partial charge in [0.15, 0.2) is 12.1 Å². The molecule has 4 atom stereocenters. The van der Waals surface area contributed by atoms with E-state index >= 15 is 0 Å². The molecule has 0 radical (unpaired) electrons. The molecule has 1 saturated heterocycles. The lowest BCUT2D eigenvalue weighted by Crippen LogP contribution is -2.51. The van der Waals surface area contributed by atoms with Gasteiger partial charge in [-0.2, -0.15) is 5.10 Å². The first-order valence-corrected chi connectivity index (χ1v) is 9.14. The predicted molar refractivity (Wildman–Crippen MR) is 87.9 cm³/mol. The van der Waals surface area contributed by atoms with Crippen molar-refractivity contribution in [2.24, 2.45) is 21.9 Å². The lowest BCUT2D eigenvalue weighted by molar-refractivity contribution is -0.0227. The zero-order chi connectivity index (χ0) is 16.5. The van der Waals surface area contributed by atoms with E-state index in [4.69, 9.17) is 19.2 Å². The van der Waals surface area contributed by atoms with Crippen LogP contribution in [0.5, 0.6) is 0 Å². The molecule has 24 heavy (non-hydrogen) atoms. The van der Waals surface area contributed by atoms with E-state index in [1.807, 2.05) is 0 Å². The van der Waals surface area contributed by atoms with Crippen LogP contribution in [0, 0.1) is 11.8 Å². The molecule has 1 aliphatic carbocycles. The number of hydrazone groups is 1. The standard InChI is InChI=1S/C17H25N3O4/c1-2-22-17(21)24-13-10-18-20-15(13)19-14(11-6-4-3-5-7-11)12-8-9-23-16(12)20/h10-14,16H,2-9H2,1H3. The number of nitrogens with zero attached hydrogens (tertiary/aromatic N) is 3. The molecule has 0 aromatic heterocycles. The highest BCUT2D eigenvalue weighted by molar-refractivity contribution is 6.05. The van der Waals surface area contributed by atoms with E-state index in [-0.39, 0.29) is 18.9 Å². The summed E-state index contributed by atoms with van der Waals surface area (Å²) in [4.78, 5) is 16.7. The largest absolute Gasteiger partial charge is 0.509 e. The van der Waals surface area contributed by atoms with Gasteiger partial charge in [0.05, 0.1) is 18.9 Å². The van der Waals surface area contributed by atoms with Crippen LogP contribution in [0.3, 0.4) is 0 Å². The summed E-state index contributed by atoms with van der Waals surface area (Å²) >= 11 is 0. The minimum Gasteiger partial charge on any atom is -0.435 e. The van der Waals surface area contributed by atoms with Crippen LogP contribution >= 0.6 is 0 Å². The molecule has 0 aromatic rings. The number of hydrogen-bond acceptors (Lipinski definition) is 7. The first kappa shape index (κ1) is 15.9. The maximum atomic E-state index is 11.7. The van der Waals surface area contributed by atoms with Crippen molar-refractivity contribution in [2.75, 3.05) is 13.2 Å². The van der Waals surface area contributed by atoms with Crippen LogP contribution in [0.1, 0.15) is 45.4 Å². The summed E-state index contributed by atoms with van der Waals surface area (Å²) in [6.07, 6.45) is 7.69. The van der Waals surface area contributed by atoms with Crippen molar-refractivity contribution in [3.05, 3.63) is 0 Å². The van der Waals surface area contributed by atoms with Crippen LogP contribution < -0.4 is 0 Å². The van der Waals surface area contributed by atoms with Gasteiger partial charge in [-0.05, 0) is 32.1 Å². The molecule has 4 rings (SSSR count). The maximum absolute atomic E-state index is 11.7. The number of amidine groups is 1. The fourth-order valence-corrected chi connectivity index (χ4v) is 4.42. The molecule has 132 valence electrons. The maximum Gasteiger partial charge on any atom is 0.509 e. The molecule has 1 saturated carbocycles. The van der Waals surface area contributed by atoms with Gasteiger partial charge in [0.2, 0.25) is 6.10 Å². The van der Waals surface area contributed by atoms with Gasteiger partial charge in [-0.3, -0.25) is 4.99 Å². The summed E-state index contributed by atoms with van der Waals surface area (Å²) in [5.41, 5.74) is 0. The number of hydrogen-bond donors (Lipinski definition) is 0. The highest BCUT2D eigenvalue weighted by Gasteiger charge is 2.50. The van der Waals surface area contributed by atoms with E-state index in [1.54, 1.807) is 18.1 Å². The quantitative estimate of drug-likeness (QED) is 0.741. The normalized spacial score (nSPS) is 35.4. The van der Waals surface area contributed by atoms with Gasteiger partial charge >= 0.3 is 6.16 Å². The van der Waals surface area contributed by atoms with Crippen LogP contribution in [0.15, 0.2) is 10.1 Å². The molecule has 7 heteroatoms. The summed E-state index contributed by atoms with van der Waals surface area (Å²) in [5, 5.41) is 6.20. The summed E-state index contributed by atoms with van der Waals surface area (Å²) in [6, 6.07) is 0.249. The van der Waals surface area contributed by atoms with Crippen molar-refractivity contribution in [3.8, 4) is 0 Å². The summed E-state index contributed by atoms with van der Waals surface area (Å²) < 4.78 is 16.2. The molecule has 0 N–H and O–H groups in total. The van der Waals surface area contributed by atoms with E-state index in [2.05, 4.69) is 5.10 Å². The Bertz CT molecular complexity index is 544. The molecule has 3 aliphatic heterocycles. The summed E-state index contributed by atoms with van der Waals surface area (Å²) in [6.45, 7) is 2.79. The number of fused-ring (bicyclic) bond motifs is 3. The SMILES string of the molecule is CCOC(=O)OC1C=NN2C1=NC(C1CCCCC1)C1CCOC12. The number of ether oxygens (including phenoxy) is 3. The second-order valence-electron chi connectivity index (χ2n) is 6.92. The Kier molecular flexibility index (Phi) is 4.43. The Balaban J connectivity index is 1.56. The van der Waals surface area contributed by atoms with E-state index in [0.717, 1.165) is 13.0 Å². The van der Waals surface area contributed by atoms with Gasteiger partial charge in [0.25, 0.3) is 0 Å². The van der Waals surface area contributed by atoms with Crippen LogP contribution in [0.2, 0.25) is 0 Å². The first-order chi connectivity index (χ1) is 11.8. The Morgan fingerprint density at radius 3 is 2.96 bits per heavy atom. The fraction of sp³-hybridized carbons (Fsp3) is 0.824. The minimum absolute atomic E-state index is 0.0727. The molecule has 7 nitrogen and oxygen atoms in total. The summed E-state index contributed by atoms with van der Waals surface area (Å²) in [5.74, 6) is 1.68. The number of carbonyl (C=O) groups is 1. The zero-order valence-electron chi connectivity index (χ0n) is 14.1. The molecule has 2 fully saturated rings. The number of aliphatic imine (C=N–C) groups is 1. The monoisotopic (exact) mass is 335 g/mol. The van der Waals surface area contributed by atoms with E-state index < -0.39 is 12.3 Å². The average molecular weight is 335 g/mol. The minimum atomic E-state index is -0.679. The van der Waals surface area contributed by atoms with Crippen LogP contribution in [-0.2, 0) is 14.2 Å². The first-order valence-electron chi connectivity index (χ1n) is 9.14. The Hall–Kier alpha value is -1.63. The fourth-order valence-electron chi connectivity index (χ4n) is 4.42. The van der Waals surface area contributed by atoms with Gasteiger partial charge < -0.3 is 14.2 Å². The molecule has 3 heterocycles. The van der Waals surface area contributed by atoms with Crippen molar-refractivity contribution in [1.82, 2.24) is 5.01 Å². The van der Waals surface area contributed by atoms with E-state index in [9.17, 15) is 4.79 Å². The second kappa shape index (κ2) is 6.70. The lowest BCUT2D eigenvalue weighted by Gasteiger charge is -2.40. The van der Waals surface area contributed by atoms with Crippen LogP contribution in [0.4, 0.5) is 4.79 Å². The second-order valence-corrected chi connectivity index (χ2v) is 6.92. The summed E-state index contributed by atoms with van der Waals surface area (Å²) in [7, 11) is 0. The average Bonchev–Trinajstić information content (AvgIpc) is 3.22. The smallest absolute Gasteiger partial charge is 0.435 e. The van der Waals surface area contributed by atoms with Crippen molar-refractivity contribution < 1.29 is 19.0 Å². The zero-order valence-corrected chi connectivity index (χ0v) is 14.1. The Morgan fingerprint density at radius 2 is 2.17 bits per heavy atom. The third-order valence-corrected chi connectivity index (χ3v) is 5.50. The topological polar surface area (TPSA) is 72.7 Å². The van der Waals surface area contributed by atoms with E-state index in [0.29, 0.717) is 17.7 Å². The number of carbonyl (C=O) groups excluding carboxylic acids is 1. The van der Waals surface area contributed by atoms with Crippen molar-refractivity contribution in [2.45, 2.75) is 63.8 Å². The molecule has 4 unspecified atom stereocenters. The van der Waals surface area contributed by atoms with Crippen molar-refractivity contribution in [1.29, 1.82) is 0 Å². The predicted octanol–water partition coefficient (Wildman–Crippen LogP) is 2.55. The molecule has 0 aromatic carbocycles. The third-order valence-electron chi connectivity index (χ3n) is 5.50. The van der Waals surface area contributed by atoms with Gasteiger partial charge in [0, 0.05) is 12.5 Å². The highest BCUT2D eigenvalue weighted by atomic mass is 16.7. The molecule has 0 spiro atoms. The van der Waals surface area contributed by atoms with Crippen LogP contribution in [0.25, 0.3) is 0 Å². The molecule has 4 aliphatic rings. The number of rotatable bonds is 3. The van der Waals surface area contributed by atoms with Gasteiger partial charge in [-0.15, -0.1) is 0 Å². The van der Waals surface area contributed by atoms with Crippen LogP contribution in [-0.4, -0.2) is 54.8 Å². The Morgan fingerprint density at radius 1 is 1.33 bits per heavy atom. The van der Waals surface area contributed by atoms with Gasteiger partial charge in [-0.1, -0.05) is 19.3 Å². The molecule has 0 amide bonds. The third kappa shape index (κ3) is 2.79. The highest BCUT2D eigenvalue weighted by Crippen LogP contribution is 2.41. The lowest BCUT2D eigenvalue weighted by atomic mass is 9.77. The van der Waals surface area contributed by atoms with Gasteiger partial charge in [0.1, 0.15) is 0 Å². The van der Waals surface area contributed by atoms with Gasteiger partial charge in [-0.25, -0.2) is 9.80 Å².